The molecule has 0 aliphatic rings. The first kappa shape index (κ1) is 36.8. The largest absolute Gasteiger partial charge is 0.311 e. The predicted octanol–water partition coefficient (Wildman–Crippen LogP) is 17.1. The molecular weight excluding hydrogens is 749 g/mol. The summed E-state index contributed by atoms with van der Waals surface area (Å²) in [6.07, 6.45) is 0. The van der Waals surface area contributed by atoms with Crippen LogP contribution >= 0.6 is 0 Å². The van der Waals surface area contributed by atoms with Crippen LogP contribution in [-0.4, -0.2) is 0 Å². The number of rotatable bonds is 9. The number of anilines is 6. The van der Waals surface area contributed by atoms with Gasteiger partial charge in [-0.25, -0.2) is 0 Å². The van der Waals surface area contributed by atoms with Crippen LogP contribution in [0.1, 0.15) is 0 Å². The summed E-state index contributed by atoms with van der Waals surface area (Å²) in [6, 6.07) is 92.1. The molecule has 0 bridgehead atoms. The molecule has 0 fully saturated rings. The van der Waals surface area contributed by atoms with E-state index in [4.69, 9.17) is 0 Å². The van der Waals surface area contributed by atoms with Crippen molar-refractivity contribution < 1.29 is 0 Å². The van der Waals surface area contributed by atoms with E-state index in [1.807, 2.05) is 0 Å². The summed E-state index contributed by atoms with van der Waals surface area (Å²) in [5.41, 5.74) is 13.8. The molecule has 2 heteroatoms. The summed E-state index contributed by atoms with van der Waals surface area (Å²) in [6.45, 7) is 0. The maximum atomic E-state index is 2.35. The average Bonchev–Trinajstić information content (AvgIpc) is 3.35. The van der Waals surface area contributed by atoms with Crippen molar-refractivity contribution in [3.05, 3.63) is 255 Å². The lowest BCUT2D eigenvalue weighted by molar-refractivity contribution is 1.28. The Balaban J connectivity index is 0.929. The molecule has 0 radical (unpaired) electrons. The van der Waals surface area contributed by atoms with Crippen LogP contribution in [0, 0.1) is 0 Å². The zero-order valence-electron chi connectivity index (χ0n) is 34.1. The quantitative estimate of drug-likeness (QED) is 0.144. The van der Waals surface area contributed by atoms with Gasteiger partial charge in [-0.15, -0.1) is 0 Å². The van der Waals surface area contributed by atoms with E-state index in [-0.39, 0.29) is 0 Å². The molecule has 0 aliphatic heterocycles. The van der Waals surface area contributed by atoms with Gasteiger partial charge in [0.05, 0.1) is 5.69 Å². The highest BCUT2D eigenvalue weighted by atomic mass is 15.1. The molecule has 62 heavy (non-hydrogen) atoms. The fourth-order valence-electron chi connectivity index (χ4n) is 8.80. The number of hydrogen-bond donors (Lipinski definition) is 0. The van der Waals surface area contributed by atoms with Crippen molar-refractivity contribution in [1.29, 1.82) is 0 Å². The molecule has 0 atom stereocenters. The second-order valence-corrected chi connectivity index (χ2v) is 15.8. The first-order valence-electron chi connectivity index (χ1n) is 21.2. The molecule has 0 N–H and O–H groups in total. The van der Waals surface area contributed by atoms with Crippen LogP contribution in [0.15, 0.2) is 255 Å². The third-order valence-corrected chi connectivity index (χ3v) is 12.0. The third kappa shape index (κ3) is 7.14. The Bertz CT molecular complexity index is 3190. The van der Waals surface area contributed by atoms with Gasteiger partial charge in [0.1, 0.15) is 0 Å². The van der Waals surface area contributed by atoms with Crippen molar-refractivity contribution in [2.45, 2.75) is 0 Å². The molecule has 0 saturated heterocycles. The molecule has 11 aromatic carbocycles. The molecule has 0 amide bonds. The van der Waals surface area contributed by atoms with Gasteiger partial charge in [-0.2, -0.15) is 0 Å². The van der Waals surface area contributed by atoms with E-state index in [9.17, 15) is 0 Å². The van der Waals surface area contributed by atoms with Crippen LogP contribution in [0.5, 0.6) is 0 Å². The van der Waals surface area contributed by atoms with Crippen molar-refractivity contribution in [2.75, 3.05) is 9.80 Å². The first-order chi connectivity index (χ1) is 30.7. The molecule has 0 aromatic heterocycles. The Labute approximate surface area is 362 Å². The zero-order chi connectivity index (χ0) is 41.2. The highest BCUT2D eigenvalue weighted by Gasteiger charge is 2.17. The topological polar surface area (TPSA) is 6.48 Å². The van der Waals surface area contributed by atoms with Crippen LogP contribution in [0.3, 0.4) is 0 Å². The van der Waals surface area contributed by atoms with E-state index in [1.165, 1.54) is 54.6 Å². The van der Waals surface area contributed by atoms with E-state index in [2.05, 4.69) is 265 Å². The van der Waals surface area contributed by atoms with Crippen molar-refractivity contribution in [2.24, 2.45) is 0 Å². The summed E-state index contributed by atoms with van der Waals surface area (Å²) in [5, 5.41) is 7.43. The van der Waals surface area contributed by atoms with Crippen molar-refractivity contribution >= 4 is 66.4 Å². The van der Waals surface area contributed by atoms with Gasteiger partial charge in [0.15, 0.2) is 0 Å². The van der Waals surface area contributed by atoms with Crippen molar-refractivity contribution in [3.8, 4) is 33.4 Å². The van der Waals surface area contributed by atoms with Gasteiger partial charge in [-0.1, -0.05) is 176 Å². The second-order valence-electron chi connectivity index (χ2n) is 15.8. The molecular formula is C60H42N2. The summed E-state index contributed by atoms with van der Waals surface area (Å²) in [5.74, 6) is 0. The van der Waals surface area contributed by atoms with Crippen molar-refractivity contribution in [1.82, 2.24) is 0 Å². The molecule has 11 rings (SSSR count). The van der Waals surface area contributed by atoms with E-state index < -0.39 is 0 Å². The lowest BCUT2D eigenvalue weighted by Gasteiger charge is -2.27. The summed E-state index contributed by atoms with van der Waals surface area (Å²) >= 11 is 0. The van der Waals surface area contributed by atoms with Crippen molar-refractivity contribution in [3.63, 3.8) is 0 Å². The predicted molar refractivity (Wildman–Crippen MR) is 265 cm³/mol. The smallest absolute Gasteiger partial charge is 0.0540 e. The second kappa shape index (κ2) is 16.1. The highest BCUT2D eigenvalue weighted by Crippen LogP contribution is 2.41. The summed E-state index contributed by atoms with van der Waals surface area (Å²) in [7, 11) is 0. The number of hydrogen-bond acceptors (Lipinski definition) is 2. The van der Waals surface area contributed by atoms with Crippen LogP contribution in [0.4, 0.5) is 34.1 Å². The molecule has 2 nitrogen and oxygen atoms in total. The monoisotopic (exact) mass is 790 g/mol. The minimum absolute atomic E-state index is 1.09. The molecule has 0 unspecified atom stereocenters. The zero-order valence-corrected chi connectivity index (χ0v) is 34.1. The van der Waals surface area contributed by atoms with Gasteiger partial charge in [0.25, 0.3) is 0 Å². The Kier molecular flexibility index (Phi) is 9.57. The third-order valence-electron chi connectivity index (χ3n) is 12.0. The minimum Gasteiger partial charge on any atom is -0.311 e. The van der Waals surface area contributed by atoms with Gasteiger partial charge < -0.3 is 9.80 Å². The minimum atomic E-state index is 1.09. The number of fused-ring (bicyclic) bond motifs is 3. The van der Waals surface area contributed by atoms with Crippen LogP contribution in [-0.2, 0) is 0 Å². The average molecular weight is 791 g/mol. The normalized spacial score (nSPS) is 11.2. The summed E-state index contributed by atoms with van der Waals surface area (Å²) < 4.78 is 0. The molecule has 0 aliphatic carbocycles. The molecule has 0 saturated carbocycles. The lowest BCUT2D eigenvalue weighted by atomic mass is 10.00. The SMILES string of the molecule is c1ccc(N(c2ccc(-c3ccc(N(c4ccc(-c5ccc6ccccc6c5)cc4)c4ccc(-c5ccc6ccccc6c5)cc4)cc3)cc2)c2cccc3ccccc23)cc1. The van der Waals surface area contributed by atoms with Gasteiger partial charge >= 0.3 is 0 Å². The van der Waals surface area contributed by atoms with E-state index in [0.717, 1.165) is 45.3 Å². The van der Waals surface area contributed by atoms with Gasteiger partial charge in [-0.3, -0.25) is 0 Å². The molecule has 292 valence electrons. The Morgan fingerprint density at radius 1 is 0.194 bits per heavy atom. The fourth-order valence-corrected chi connectivity index (χ4v) is 8.80. The number of para-hydroxylation sites is 1. The first-order valence-corrected chi connectivity index (χ1v) is 21.2. The van der Waals surface area contributed by atoms with Gasteiger partial charge in [0, 0.05) is 33.8 Å². The Morgan fingerprint density at radius 3 is 1.02 bits per heavy atom. The van der Waals surface area contributed by atoms with E-state index in [1.54, 1.807) is 0 Å². The maximum absolute atomic E-state index is 2.35. The number of nitrogens with zero attached hydrogens (tertiary/aromatic N) is 2. The maximum Gasteiger partial charge on any atom is 0.0540 e. The van der Waals surface area contributed by atoms with Crippen LogP contribution in [0.2, 0.25) is 0 Å². The summed E-state index contributed by atoms with van der Waals surface area (Å²) in [4.78, 5) is 4.70. The fraction of sp³-hybridized carbons (Fsp3) is 0. The van der Waals surface area contributed by atoms with E-state index in [0.29, 0.717) is 0 Å². The molecule has 0 spiro atoms. The van der Waals surface area contributed by atoms with Gasteiger partial charge in [-0.05, 0) is 139 Å². The number of benzene rings is 11. The van der Waals surface area contributed by atoms with Gasteiger partial charge in [0.2, 0.25) is 0 Å². The molecule has 11 aromatic rings. The molecule has 0 heterocycles. The Morgan fingerprint density at radius 2 is 0.532 bits per heavy atom. The van der Waals surface area contributed by atoms with Crippen LogP contribution in [0.25, 0.3) is 65.7 Å². The van der Waals surface area contributed by atoms with E-state index >= 15 is 0 Å². The standard InChI is InChI=1S/C60H42N2/c1-2-17-54(18-3-1)62(60-20-10-16-49-13-8-9-19-59(49)60)58-39-27-46(28-40-58)45-25-33-55(34-26-45)61(56-35-29-47(30-36-56)52-23-21-43-11-4-6-14-50(43)41-52)57-37-31-48(32-38-57)53-24-22-44-12-5-7-15-51(44)42-53/h1-42H. The van der Waals surface area contributed by atoms with Crippen LogP contribution < -0.4 is 9.80 Å². The Hall–Kier alpha value is -8.20. The highest BCUT2D eigenvalue weighted by molar-refractivity contribution is 5.99. The lowest BCUT2D eigenvalue weighted by Crippen LogP contribution is -2.10.